The molecule has 1 aliphatic heterocycles. The number of rotatable bonds is 12. The van der Waals surface area contributed by atoms with Crippen LogP contribution in [0.2, 0.25) is 0 Å². The normalized spacial score (nSPS) is 16.9. The van der Waals surface area contributed by atoms with E-state index in [9.17, 15) is 49.4 Å². The van der Waals surface area contributed by atoms with Crippen LogP contribution in [0.25, 0.3) is 0 Å². The molecule has 0 aromatic heterocycles. The molecule has 1 radical (unpaired) electrons. The topological polar surface area (TPSA) is 232 Å². The van der Waals surface area contributed by atoms with E-state index < -0.39 is 66.9 Å². The predicted molar refractivity (Wildman–Crippen MR) is 137 cm³/mol. The molecule has 18 heteroatoms. The van der Waals surface area contributed by atoms with Gasteiger partial charge in [-0.2, -0.15) is 0 Å². The molecule has 1 heterocycles. The molecule has 1 aliphatic rings. The first-order valence-corrected chi connectivity index (χ1v) is 13.1. The number of hydrogen-bond donors (Lipinski definition) is 1. The standard InChI is InChI=1S/C25H36N6O11.Gd/c1-18(25(39)26-14-24(38)42-20-4-2-19(3-5-20)31(40)41)30-12-10-28(16-22(34)35)8-6-27(15-21(32)33)7-9-29(11-13-30)17-23(36)37;/h2-5,18H,6-17H2,1H3,(H,26,39)(H,32,33)(H,34,35)(H,36,37);/q;+3/p-3. The van der Waals surface area contributed by atoms with E-state index in [-0.39, 0.29) is 104 Å². The Hall–Kier alpha value is -2.87. The van der Waals surface area contributed by atoms with E-state index in [0.717, 1.165) is 12.1 Å². The van der Waals surface area contributed by atoms with E-state index in [4.69, 9.17) is 4.74 Å². The number of carbonyl (C=O) groups is 5. The first-order chi connectivity index (χ1) is 19.8. The summed E-state index contributed by atoms with van der Waals surface area (Å²) in [4.78, 5) is 75.4. The quantitative estimate of drug-likeness (QED) is 0.0909. The van der Waals surface area contributed by atoms with E-state index in [0.29, 0.717) is 0 Å². The van der Waals surface area contributed by atoms with Crippen molar-refractivity contribution in [3.8, 4) is 5.75 Å². The molecule has 0 aliphatic carbocycles. The summed E-state index contributed by atoms with van der Waals surface area (Å²) in [5, 5.41) is 47.0. The van der Waals surface area contributed by atoms with Crippen molar-refractivity contribution in [2.24, 2.45) is 0 Å². The van der Waals surface area contributed by atoms with Gasteiger partial charge in [-0.3, -0.25) is 34.5 Å². The summed E-state index contributed by atoms with van der Waals surface area (Å²) in [5.74, 6) is -5.33. The minimum Gasteiger partial charge on any atom is -0.549 e. The maximum absolute atomic E-state index is 12.9. The number of aliphatic carboxylic acids is 3. The number of amides is 1. The van der Waals surface area contributed by atoms with Crippen LogP contribution in [0.3, 0.4) is 0 Å². The van der Waals surface area contributed by atoms with Crippen molar-refractivity contribution in [3.63, 3.8) is 0 Å². The number of benzene rings is 1. The molecule has 2 rings (SSSR count). The zero-order chi connectivity index (χ0) is 31.2. The van der Waals surface area contributed by atoms with Gasteiger partial charge in [-0.25, -0.2) is 4.79 Å². The Morgan fingerprint density at radius 1 is 0.791 bits per heavy atom. The Kier molecular flexibility index (Phi) is 17.2. The monoisotopic (exact) mass is 751 g/mol. The number of ether oxygens (including phenoxy) is 1. The number of carbonyl (C=O) groups excluding carboxylic acids is 5. The molecule has 0 saturated carbocycles. The van der Waals surface area contributed by atoms with Crippen molar-refractivity contribution in [2.75, 3.05) is 78.5 Å². The van der Waals surface area contributed by atoms with Crippen molar-refractivity contribution in [1.82, 2.24) is 24.9 Å². The van der Waals surface area contributed by atoms with E-state index >= 15 is 0 Å². The molecule has 1 aromatic rings. The van der Waals surface area contributed by atoms with E-state index in [2.05, 4.69) is 5.32 Å². The third-order valence-electron chi connectivity index (χ3n) is 6.54. The van der Waals surface area contributed by atoms with Crippen LogP contribution in [0.1, 0.15) is 6.92 Å². The van der Waals surface area contributed by atoms with Crippen LogP contribution in [0.5, 0.6) is 5.75 Å². The van der Waals surface area contributed by atoms with Gasteiger partial charge in [0.05, 0.1) is 28.9 Å². The number of carboxylic acids is 3. The third kappa shape index (κ3) is 14.9. The summed E-state index contributed by atoms with van der Waals surface area (Å²) >= 11 is 0. The minimum atomic E-state index is -1.34. The van der Waals surface area contributed by atoms with Crippen LogP contribution in [-0.2, 0) is 24.0 Å². The number of nitrogens with one attached hydrogen (secondary N) is 1. The maximum atomic E-state index is 12.9. The molecule has 1 saturated heterocycles. The van der Waals surface area contributed by atoms with Crippen molar-refractivity contribution in [2.45, 2.75) is 13.0 Å². The first kappa shape index (κ1) is 38.2. The van der Waals surface area contributed by atoms with Gasteiger partial charge in [-0.15, -0.1) is 0 Å². The number of esters is 1. The summed E-state index contributed by atoms with van der Waals surface area (Å²) in [6, 6.07) is 3.98. The smallest absolute Gasteiger partial charge is 0.549 e. The van der Waals surface area contributed by atoms with Crippen LogP contribution in [0.15, 0.2) is 24.3 Å². The van der Waals surface area contributed by atoms with Gasteiger partial charge in [0.1, 0.15) is 12.3 Å². The van der Waals surface area contributed by atoms with Gasteiger partial charge in [-0.05, 0) is 19.1 Å². The van der Waals surface area contributed by atoms with E-state index in [1.165, 1.54) is 26.8 Å². The van der Waals surface area contributed by atoms with Crippen LogP contribution < -0.4 is 25.4 Å². The van der Waals surface area contributed by atoms with Crippen molar-refractivity contribution >= 4 is 35.5 Å². The summed E-state index contributed by atoms with van der Waals surface area (Å²) in [6.45, 7) is 1.08. The first-order valence-electron chi connectivity index (χ1n) is 13.1. The molecule has 1 amide bonds. The number of nitro benzene ring substituents is 1. The van der Waals surface area contributed by atoms with Gasteiger partial charge in [-0.1, -0.05) is 0 Å². The average Bonchev–Trinajstić information content (AvgIpc) is 2.90. The molecule has 1 fully saturated rings. The molecule has 0 bridgehead atoms. The Bertz CT molecular complexity index is 1090. The summed E-state index contributed by atoms with van der Waals surface area (Å²) in [7, 11) is 0. The zero-order valence-corrected chi connectivity index (χ0v) is 25.7. The molecule has 43 heavy (non-hydrogen) atoms. The van der Waals surface area contributed by atoms with Crippen molar-refractivity contribution in [3.05, 3.63) is 34.4 Å². The average molecular weight is 751 g/mol. The summed E-state index contributed by atoms with van der Waals surface area (Å²) in [5.41, 5.74) is -0.186. The second kappa shape index (κ2) is 19.4. The van der Waals surface area contributed by atoms with Gasteiger partial charge < -0.3 is 39.8 Å². The minimum absolute atomic E-state index is 0. The van der Waals surface area contributed by atoms with Gasteiger partial charge in [0.15, 0.2) is 0 Å². The van der Waals surface area contributed by atoms with Crippen LogP contribution in [0.4, 0.5) is 5.69 Å². The molecular formula is C25H33GdN6O11. The van der Waals surface area contributed by atoms with Crippen LogP contribution in [-0.4, -0.2) is 139 Å². The van der Waals surface area contributed by atoms with Crippen LogP contribution in [0, 0.1) is 50.1 Å². The Labute approximate surface area is 279 Å². The Balaban J connectivity index is 0.00000924. The molecule has 0 spiro atoms. The fraction of sp³-hybridized carbons (Fsp3) is 0.560. The fourth-order valence-corrected chi connectivity index (χ4v) is 4.24. The number of nitro groups is 1. The van der Waals surface area contributed by atoms with Gasteiger partial charge in [0, 0.05) is 84.1 Å². The third-order valence-corrected chi connectivity index (χ3v) is 6.54. The molecule has 1 N–H and O–H groups in total. The number of non-ortho nitro benzene ring substituents is 1. The van der Waals surface area contributed by atoms with Crippen molar-refractivity contribution < 1.29 is 88.9 Å². The largest absolute Gasteiger partial charge is 3.00 e. The molecular weight excluding hydrogens is 718 g/mol. The van der Waals surface area contributed by atoms with Gasteiger partial charge in [0.25, 0.3) is 5.69 Å². The Morgan fingerprint density at radius 3 is 1.56 bits per heavy atom. The maximum Gasteiger partial charge on any atom is 3.00 e. The van der Waals surface area contributed by atoms with Crippen molar-refractivity contribution in [1.29, 1.82) is 0 Å². The summed E-state index contributed by atoms with van der Waals surface area (Å²) < 4.78 is 5.08. The SMILES string of the molecule is CC(C(=O)NCC(=O)Oc1ccc([N+](=O)[O-])cc1)N1CCN(CC(=O)[O-])CCN(CC(=O)[O-])CCN(CC(=O)[O-])CC1.[Gd+3]. The summed E-state index contributed by atoms with van der Waals surface area (Å²) in [6.07, 6.45) is 0. The molecule has 17 nitrogen and oxygen atoms in total. The number of carboxylic acid groups (broad SMARTS) is 3. The zero-order valence-electron chi connectivity index (χ0n) is 23.5. The molecule has 1 atom stereocenters. The van der Waals surface area contributed by atoms with Gasteiger partial charge >= 0.3 is 45.9 Å². The number of hydrogen-bond acceptors (Lipinski definition) is 15. The second-order valence-corrected chi connectivity index (χ2v) is 9.60. The van der Waals surface area contributed by atoms with Gasteiger partial charge in [0.2, 0.25) is 5.91 Å². The fourth-order valence-electron chi connectivity index (χ4n) is 4.24. The van der Waals surface area contributed by atoms with E-state index in [1.54, 1.807) is 11.8 Å². The Morgan fingerprint density at radius 2 is 1.19 bits per heavy atom. The van der Waals surface area contributed by atoms with Crippen LogP contribution >= 0.6 is 0 Å². The van der Waals surface area contributed by atoms with E-state index in [1.807, 2.05) is 0 Å². The molecule has 1 aromatic carbocycles. The molecule has 237 valence electrons. The number of nitrogens with zero attached hydrogens (tertiary/aromatic N) is 5. The predicted octanol–water partition coefficient (Wildman–Crippen LogP) is -5.52. The molecule has 1 unspecified atom stereocenters. The second-order valence-electron chi connectivity index (χ2n) is 9.60.